The molecule has 198 valence electrons. The summed E-state index contributed by atoms with van der Waals surface area (Å²) in [6.45, 7) is 1.65. The third kappa shape index (κ3) is 5.93. The summed E-state index contributed by atoms with van der Waals surface area (Å²) in [5.74, 6) is -2.08. The fourth-order valence-electron chi connectivity index (χ4n) is 3.68. The molecule has 0 fully saturated rings. The average Bonchev–Trinajstić information content (AvgIpc) is 3.16. The molecule has 0 saturated heterocycles. The van der Waals surface area contributed by atoms with Crippen LogP contribution in [0.4, 0.5) is 5.69 Å². The van der Waals surface area contributed by atoms with Gasteiger partial charge < -0.3 is 14.8 Å². The lowest BCUT2D eigenvalue weighted by Crippen LogP contribution is -2.34. The molecule has 3 aromatic carbocycles. The molecule has 4 rings (SSSR count). The van der Waals surface area contributed by atoms with Gasteiger partial charge in [-0.1, -0.05) is 36.4 Å². The number of aromatic nitrogens is 2. The van der Waals surface area contributed by atoms with E-state index in [4.69, 9.17) is 9.47 Å². The molecule has 0 spiro atoms. The normalized spacial score (nSPS) is 10.7. The second-order valence-electron chi connectivity index (χ2n) is 8.25. The van der Waals surface area contributed by atoms with E-state index in [1.807, 2.05) is 6.07 Å². The van der Waals surface area contributed by atoms with Crippen molar-refractivity contribution >= 4 is 29.7 Å². The second-order valence-corrected chi connectivity index (χ2v) is 8.25. The molecule has 0 aliphatic carbocycles. The van der Waals surface area contributed by atoms with E-state index in [-0.39, 0.29) is 17.0 Å². The largest absolute Gasteiger partial charge is 0.497 e. The van der Waals surface area contributed by atoms with E-state index in [0.717, 1.165) is 0 Å². The Balaban J connectivity index is 1.43. The molecule has 11 heteroatoms. The van der Waals surface area contributed by atoms with Gasteiger partial charge in [0.2, 0.25) is 0 Å². The van der Waals surface area contributed by atoms with Gasteiger partial charge in [0, 0.05) is 12.6 Å². The van der Waals surface area contributed by atoms with Crippen LogP contribution in [0.2, 0.25) is 0 Å². The summed E-state index contributed by atoms with van der Waals surface area (Å²) in [6, 6.07) is 21.9. The molecule has 0 aliphatic rings. The Bertz CT molecular complexity index is 1620. The molecular formula is C28H25N5O6. The summed E-state index contributed by atoms with van der Waals surface area (Å²) in [5, 5.41) is 6.17. The summed E-state index contributed by atoms with van der Waals surface area (Å²) >= 11 is 0. The molecule has 0 atom stereocenters. The first kappa shape index (κ1) is 26.6. The first-order valence-corrected chi connectivity index (χ1v) is 11.7. The maximum atomic E-state index is 12.9. The Morgan fingerprint density at radius 1 is 0.923 bits per heavy atom. The zero-order valence-corrected chi connectivity index (χ0v) is 21.4. The minimum Gasteiger partial charge on any atom is -0.497 e. The molecule has 0 bridgehead atoms. The average molecular weight is 528 g/mol. The Morgan fingerprint density at radius 2 is 1.64 bits per heavy atom. The van der Waals surface area contributed by atoms with Crippen LogP contribution in [0.5, 0.6) is 11.5 Å². The van der Waals surface area contributed by atoms with Gasteiger partial charge >= 0.3 is 17.8 Å². The van der Waals surface area contributed by atoms with Crippen LogP contribution in [0.25, 0.3) is 5.69 Å². The topological polar surface area (TPSA) is 133 Å². The van der Waals surface area contributed by atoms with E-state index in [1.165, 1.54) is 18.0 Å². The van der Waals surface area contributed by atoms with E-state index in [0.29, 0.717) is 22.7 Å². The number of carbonyl (C=O) groups excluding carboxylic acids is 3. The van der Waals surface area contributed by atoms with Gasteiger partial charge in [0.25, 0.3) is 5.56 Å². The van der Waals surface area contributed by atoms with Gasteiger partial charge in [-0.05, 0) is 49.4 Å². The molecule has 1 aromatic heterocycles. The van der Waals surface area contributed by atoms with Gasteiger partial charge in [-0.3, -0.25) is 19.1 Å². The fraction of sp³-hybridized carbons (Fsp3) is 0.107. The number of amides is 2. The van der Waals surface area contributed by atoms with E-state index in [1.54, 1.807) is 91.4 Å². The van der Waals surface area contributed by atoms with Crippen molar-refractivity contribution < 1.29 is 23.9 Å². The Labute approximate surface area is 223 Å². The molecule has 2 amide bonds. The van der Waals surface area contributed by atoms with Crippen LogP contribution in [-0.2, 0) is 16.6 Å². The first-order chi connectivity index (χ1) is 18.8. The number of hydrogen-bond acceptors (Lipinski definition) is 7. The highest BCUT2D eigenvalue weighted by atomic mass is 16.5. The zero-order valence-electron chi connectivity index (χ0n) is 21.4. The van der Waals surface area contributed by atoms with Crippen LogP contribution in [0, 0.1) is 6.92 Å². The quantitative estimate of drug-likeness (QED) is 0.125. The third-order valence-electron chi connectivity index (χ3n) is 5.80. The number of rotatable bonds is 7. The number of anilines is 1. The van der Waals surface area contributed by atoms with Gasteiger partial charge in [0.15, 0.2) is 0 Å². The molecule has 0 radical (unpaired) electrons. The van der Waals surface area contributed by atoms with Gasteiger partial charge in [-0.2, -0.15) is 5.10 Å². The van der Waals surface area contributed by atoms with E-state index in [9.17, 15) is 19.2 Å². The molecule has 39 heavy (non-hydrogen) atoms. The smallest absolute Gasteiger partial charge is 0.343 e. The predicted molar refractivity (Wildman–Crippen MR) is 145 cm³/mol. The van der Waals surface area contributed by atoms with Crippen LogP contribution in [0.3, 0.4) is 0 Å². The zero-order chi connectivity index (χ0) is 27.9. The Hall–Kier alpha value is -5.45. The minimum atomic E-state index is -1.09. The number of hydrazone groups is 1. The number of nitrogens with one attached hydrogen (secondary N) is 2. The van der Waals surface area contributed by atoms with Crippen molar-refractivity contribution in [1.82, 2.24) is 14.8 Å². The molecule has 4 aromatic rings. The van der Waals surface area contributed by atoms with Crippen LogP contribution < -0.4 is 25.8 Å². The van der Waals surface area contributed by atoms with Crippen molar-refractivity contribution in [3.8, 4) is 17.2 Å². The second kappa shape index (κ2) is 11.7. The summed E-state index contributed by atoms with van der Waals surface area (Å²) in [6.07, 6.45) is 1.23. The van der Waals surface area contributed by atoms with Crippen molar-refractivity contribution in [2.75, 3.05) is 12.4 Å². The first-order valence-electron chi connectivity index (χ1n) is 11.7. The standard InChI is InChI=1S/C28H25N5O6/c1-18-24(27(36)33(32(18)2)21-12-5-4-6-13-21)30-25(34)26(35)31-29-17-20-10-7-8-15-23(20)39-28(37)19-11-9-14-22(16-19)38-3/h4-17H,1-3H3,(H,30,34)(H,31,35). The predicted octanol–water partition coefficient (Wildman–Crippen LogP) is 2.80. The lowest BCUT2D eigenvalue weighted by Gasteiger charge is -2.08. The van der Waals surface area contributed by atoms with E-state index in [2.05, 4.69) is 15.8 Å². The Kier molecular flexibility index (Phi) is 8.00. The lowest BCUT2D eigenvalue weighted by molar-refractivity contribution is -0.136. The molecule has 1 heterocycles. The number of esters is 1. The Morgan fingerprint density at radius 3 is 2.38 bits per heavy atom. The van der Waals surface area contributed by atoms with Crippen molar-refractivity contribution in [2.45, 2.75) is 6.92 Å². The molecule has 2 N–H and O–H groups in total. The molecular weight excluding hydrogens is 502 g/mol. The summed E-state index contributed by atoms with van der Waals surface area (Å²) in [7, 11) is 3.16. The lowest BCUT2D eigenvalue weighted by atomic mass is 10.2. The van der Waals surface area contributed by atoms with Crippen molar-refractivity contribution in [1.29, 1.82) is 0 Å². The monoisotopic (exact) mass is 527 g/mol. The van der Waals surface area contributed by atoms with Gasteiger partial charge in [0.05, 0.1) is 30.3 Å². The summed E-state index contributed by atoms with van der Waals surface area (Å²) in [4.78, 5) is 50.4. The van der Waals surface area contributed by atoms with Crippen LogP contribution >= 0.6 is 0 Å². The number of ether oxygens (including phenoxy) is 2. The maximum Gasteiger partial charge on any atom is 0.343 e. The highest BCUT2D eigenvalue weighted by Crippen LogP contribution is 2.20. The van der Waals surface area contributed by atoms with E-state index < -0.39 is 23.3 Å². The third-order valence-corrected chi connectivity index (χ3v) is 5.80. The molecule has 0 unspecified atom stereocenters. The van der Waals surface area contributed by atoms with Crippen molar-refractivity contribution in [3.05, 3.63) is 106 Å². The van der Waals surface area contributed by atoms with Crippen LogP contribution in [-0.4, -0.2) is 40.5 Å². The minimum absolute atomic E-state index is 0.0275. The fourth-order valence-corrected chi connectivity index (χ4v) is 3.68. The number of hydrogen-bond donors (Lipinski definition) is 2. The number of nitrogens with zero attached hydrogens (tertiary/aromatic N) is 3. The highest BCUT2D eigenvalue weighted by molar-refractivity contribution is 6.39. The molecule has 11 nitrogen and oxygen atoms in total. The van der Waals surface area contributed by atoms with Crippen molar-refractivity contribution in [2.24, 2.45) is 12.1 Å². The number of carbonyl (C=O) groups is 3. The number of methoxy groups -OCH3 is 1. The number of para-hydroxylation sites is 2. The number of benzene rings is 3. The van der Waals surface area contributed by atoms with Crippen molar-refractivity contribution in [3.63, 3.8) is 0 Å². The molecule has 0 saturated carbocycles. The SMILES string of the molecule is COc1cccc(C(=O)Oc2ccccc2C=NNC(=O)C(=O)Nc2c(C)n(C)n(-c3ccccc3)c2=O)c1. The summed E-state index contributed by atoms with van der Waals surface area (Å²) in [5.41, 5.74) is 3.32. The maximum absolute atomic E-state index is 12.9. The highest BCUT2D eigenvalue weighted by Gasteiger charge is 2.21. The van der Waals surface area contributed by atoms with Gasteiger partial charge in [-0.25, -0.2) is 14.9 Å². The summed E-state index contributed by atoms with van der Waals surface area (Å²) < 4.78 is 13.6. The van der Waals surface area contributed by atoms with Gasteiger partial charge in [0.1, 0.15) is 17.2 Å². The van der Waals surface area contributed by atoms with Gasteiger partial charge in [-0.15, -0.1) is 0 Å². The van der Waals surface area contributed by atoms with E-state index >= 15 is 0 Å². The molecule has 0 aliphatic heterocycles. The van der Waals surface area contributed by atoms with Crippen LogP contribution in [0.15, 0.2) is 88.8 Å². The van der Waals surface area contributed by atoms with Crippen LogP contribution in [0.1, 0.15) is 21.6 Å².